The monoisotopic (exact) mass is 425 g/mol. The molecule has 1 aliphatic rings. The van der Waals surface area contributed by atoms with Crippen LogP contribution in [0.15, 0.2) is 35.3 Å². The number of alkyl halides is 1. The minimum Gasteiger partial charge on any atom is -0.380 e. The Kier molecular flexibility index (Phi) is 6.02. The second-order valence-electron chi connectivity index (χ2n) is 9.04. The van der Waals surface area contributed by atoms with E-state index < -0.39 is 5.67 Å². The van der Waals surface area contributed by atoms with Gasteiger partial charge in [0.25, 0.3) is 5.56 Å². The average molecular weight is 426 g/mol. The van der Waals surface area contributed by atoms with Gasteiger partial charge < -0.3 is 13.9 Å². The van der Waals surface area contributed by atoms with Crippen LogP contribution in [-0.2, 0) is 18.3 Å². The fourth-order valence-electron chi connectivity index (χ4n) is 4.68. The van der Waals surface area contributed by atoms with E-state index in [0.717, 1.165) is 52.9 Å². The lowest BCUT2D eigenvalue weighted by molar-refractivity contribution is 0.116. The van der Waals surface area contributed by atoms with Gasteiger partial charge in [-0.2, -0.15) is 0 Å². The van der Waals surface area contributed by atoms with Crippen molar-refractivity contribution in [3.05, 3.63) is 52.2 Å². The smallest absolute Gasteiger partial charge is 0.253 e. The zero-order valence-electron chi connectivity index (χ0n) is 18.9. The molecule has 0 bridgehead atoms. The van der Waals surface area contributed by atoms with Crippen LogP contribution in [0.5, 0.6) is 0 Å². The van der Waals surface area contributed by atoms with Crippen LogP contribution >= 0.6 is 0 Å². The molecule has 0 amide bonds. The van der Waals surface area contributed by atoms with Crippen molar-refractivity contribution in [2.45, 2.75) is 64.6 Å². The van der Waals surface area contributed by atoms with E-state index in [1.54, 1.807) is 18.5 Å². The summed E-state index contributed by atoms with van der Waals surface area (Å²) in [5.74, 6) is 1.31. The van der Waals surface area contributed by atoms with Crippen LogP contribution in [0, 0.1) is 6.92 Å². The highest BCUT2D eigenvalue weighted by molar-refractivity contribution is 5.82. The molecular formula is C25H32FN3O2. The molecule has 1 saturated carbocycles. The number of rotatable bonds is 6. The van der Waals surface area contributed by atoms with Gasteiger partial charge in [-0.25, -0.2) is 9.37 Å². The zero-order valence-corrected chi connectivity index (χ0v) is 18.9. The van der Waals surface area contributed by atoms with Crippen LogP contribution in [0.3, 0.4) is 0 Å². The van der Waals surface area contributed by atoms with Crippen molar-refractivity contribution in [2.75, 3.05) is 13.2 Å². The van der Waals surface area contributed by atoms with Gasteiger partial charge in [0.15, 0.2) is 0 Å². The van der Waals surface area contributed by atoms with Crippen molar-refractivity contribution in [1.82, 2.24) is 14.1 Å². The number of aryl methyl sites for hydroxylation is 2. The molecule has 0 aliphatic heterocycles. The third-order valence-corrected chi connectivity index (χ3v) is 6.53. The van der Waals surface area contributed by atoms with Gasteiger partial charge in [0.2, 0.25) is 0 Å². The number of imidazole rings is 1. The first-order valence-corrected chi connectivity index (χ1v) is 11.2. The number of hydrogen-bond donors (Lipinski definition) is 0. The molecule has 1 fully saturated rings. The third kappa shape index (κ3) is 4.45. The largest absolute Gasteiger partial charge is 0.380 e. The second kappa shape index (κ2) is 8.58. The number of aromatic nitrogens is 3. The van der Waals surface area contributed by atoms with Crippen molar-refractivity contribution in [3.8, 4) is 11.1 Å². The summed E-state index contributed by atoms with van der Waals surface area (Å²) >= 11 is 0. The Hall–Kier alpha value is -2.47. The summed E-state index contributed by atoms with van der Waals surface area (Å²) in [5, 5.41) is 0. The Morgan fingerprint density at radius 2 is 1.97 bits per heavy atom. The molecule has 0 atom stereocenters. The maximum atomic E-state index is 14.4. The first kappa shape index (κ1) is 21.8. The van der Waals surface area contributed by atoms with Gasteiger partial charge in [0.05, 0.1) is 17.6 Å². The van der Waals surface area contributed by atoms with Crippen molar-refractivity contribution < 1.29 is 9.13 Å². The lowest BCUT2D eigenvalue weighted by atomic mass is 9.80. The highest BCUT2D eigenvalue weighted by Gasteiger charge is 2.33. The summed E-state index contributed by atoms with van der Waals surface area (Å²) in [4.78, 5) is 17.1. The molecule has 2 heterocycles. The predicted molar refractivity (Wildman–Crippen MR) is 122 cm³/mol. The minimum absolute atomic E-state index is 0.0195. The van der Waals surface area contributed by atoms with Crippen LogP contribution in [0.25, 0.3) is 22.2 Å². The molecule has 5 nitrogen and oxygen atoms in total. The summed E-state index contributed by atoms with van der Waals surface area (Å²) in [6.07, 6.45) is 4.67. The number of ether oxygens (including phenoxy) is 1. The molecule has 0 unspecified atom stereocenters. The molecule has 0 saturated heterocycles. The van der Waals surface area contributed by atoms with Gasteiger partial charge >= 0.3 is 0 Å². The summed E-state index contributed by atoms with van der Waals surface area (Å²) in [6.45, 7) is 7.56. The Bertz CT molecular complexity index is 1110. The number of pyridine rings is 1. The highest BCUT2D eigenvalue weighted by Crippen LogP contribution is 2.40. The SMILES string of the molecule is CCOCCn1c(C2CCC(C)(F)CC2)nc2ccc(-c3cc(C)c(=O)n(C)c3)cc21. The van der Waals surface area contributed by atoms with Crippen molar-refractivity contribution in [1.29, 1.82) is 0 Å². The van der Waals surface area contributed by atoms with E-state index in [1.165, 1.54) is 0 Å². The maximum Gasteiger partial charge on any atom is 0.253 e. The molecule has 1 aromatic carbocycles. The van der Waals surface area contributed by atoms with E-state index in [-0.39, 0.29) is 11.5 Å². The molecule has 0 radical (unpaired) electrons. The molecule has 2 aromatic heterocycles. The van der Waals surface area contributed by atoms with E-state index in [9.17, 15) is 9.18 Å². The first-order valence-electron chi connectivity index (χ1n) is 11.2. The molecule has 4 rings (SSSR count). The lowest BCUT2D eigenvalue weighted by Gasteiger charge is -2.31. The molecule has 1 aliphatic carbocycles. The van der Waals surface area contributed by atoms with Crippen LogP contribution < -0.4 is 5.56 Å². The predicted octanol–water partition coefficient (Wildman–Crippen LogP) is 5.13. The number of halogens is 1. The number of benzene rings is 1. The Balaban J connectivity index is 1.77. The summed E-state index contributed by atoms with van der Waals surface area (Å²) in [6, 6.07) is 8.20. The summed E-state index contributed by atoms with van der Waals surface area (Å²) in [5.41, 5.74) is 3.75. The van der Waals surface area contributed by atoms with E-state index in [2.05, 4.69) is 16.7 Å². The topological polar surface area (TPSA) is 49.1 Å². The zero-order chi connectivity index (χ0) is 22.2. The molecule has 6 heteroatoms. The van der Waals surface area contributed by atoms with E-state index in [0.29, 0.717) is 26.1 Å². The Morgan fingerprint density at radius 1 is 1.23 bits per heavy atom. The highest BCUT2D eigenvalue weighted by atomic mass is 19.1. The number of nitrogens with zero attached hydrogens (tertiary/aromatic N) is 3. The third-order valence-electron chi connectivity index (χ3n) is 6.53. The fraction of sp³-hybridized carbons (Fsp3) is 0.520. The Morgan fingerprint density at radius 3 is 2.65 bits per heavy atom. The first-order chi connectivity index (χ1) is 14.8. The van der Waals surface area contributed by atoms with Gasteiger partial charge in [-0.3, -0.25) is 4.79 Å². The minimum atomic E-state index is -1.06. The standard InChI is InChI=1S/C25H32FN3O2/c1-5-31-13-12-29-22-15-19(20-14-17(2)24(30)28(4)16-20)6-7-21(22)27-23(29)18-8-10-25(3,26)11-9-18/h6-7,14-16,18H,5,8-13H2,1-4H3. The van der Waals surface area contributed by atoms with Crippen LogP contribution in [-0.4, -0.2) is 33.0 Å². The van der Waals surface area contributed by atoms with Crippen molar-refractivity contribution in [2.24, 2.45) is 7.05 Å². The lowest BCUT2D eigenvalue weighted by Crippen LogP contribution is -2.26. The molecule has 166 valence electrons. The average Bonchev–Trinajstić information content (AvgIpc) is 3.09. The van der Waals surface area contributed by atoms with E-state index in [1.807, 2.05) is 32.2 Å². The van der Waals surface area contributed by atoms with Crippen LogP contribution in [0.1, 0.15) is 56.8 Å². The van der Waals surface area contributed by atoms with Crippen LogP contribution in [0.4, 0.5) is 4.39 Å². The van der Waals surface area contributed by atoms with Gasteiger partial charge in [0.1, 0.15) is 11.5 Å². The Labute approximate surface area is 182 Å². The molecule has 3 aromatic rings. The molecule has 31 heavy (non-hydrogen) atoms. The quantitative estimate of drug-likeness (QED) is 0.514. The second-order valence-corrected chi connectivity index (χ2v) is 9.04. The van der Waals surface area contributed by atoms with Gasteiger partial charge in [-0.05, 0) is 75.8 Å². The van der Waals surface area contributed by atoms with Gasteiger partial charge in [-0.15, -0.1) is 0 Å². The van der Waals surface area contributed by atoms with Gasteiger partial charge in [-0.1, -0.05) is 6.07 Å². The molecular weight excluding hydrogens is 393 g/mol. The number of hydrogen-bond acceptors (Lipinski definition) is 3. The van der Waals surface area contributed by atoms with Crippen LogP contribution in [0.2, 0.25) is 0 Å². The molecule has 0 N–H and O–H groups in total. The van der Waals surface area contributed by atoms with E-state index >= 15 is 0 Å². The number of fused-ring (bicyclic) bond motifs is 1. The summed E-state index contributed by atoms with van der Waals surface area (Å²) < 4.78 is 23.9. The maximum absolute atomic E-state index is 14.4. The molecule has 0 spiro atoms. The fourth-order valence-corrected chi connectivity index (χ4v) is 4.68. The van der Waals surface area contributed by atoms with Crippen molar-refractivity contribution in [3.63, 3.8) is 0 Å². The van der Waals surface area contributed by atoms with E-state index in [4.69, 9.17) is 9.72 Å². The van der Waals surface area contributed by atoms with Crippen molar-refractivity contribution >= 4 is 11.0 Å². The van der Waals surface area contributed by atoms with Gasteiger partial charge in [0, 0.05) is 37.9 Å². The summed E-state index contributed by atoms with van der Waals surface area (Å²) in [7, 11) is 1.78. The normalized spacial score (nSPS) is 21.6.